The van der Waals surface area contributed by atoms with Crippen molar-refractivity contribution in [1.82, 2.24) is 0 Å². The molecule has 1 unspecified atom stereocenters. The molecule has 1 atom stereocenters. The molecule has 0 heterocycles. The van der Waals surface area contributed by atoms with Gasteiger partial charge in [0.05, 0.1) is 31.8 Å². The van der Waals surface area contributed by atoms with Gasteiger partial charge in [-0.1, -0.05) is 58.5 Å². The van der Waals surface area contributed by atoms with Crippen LogP contribution in [-0.4, -0.2) is 0 Å². The third-order valence-corrected chi connectivity index (χ3v) is 4.25. The van der Waals surface area contributed by atoms with Crippen molar-refractivity contribution < 1.29 is 4.39 Å². The smallest absolute Gasteiger partial charge is 0.126 e. The zero-order valence-corrected chi connectivity index (χ0v) is 13.4. The number of halogens is 5. The summed E-state index contributed by atoms with van der Waals surface area (Å²) in [6.45, 7) is 1.88. The van der Waals surface area contributed by atoms with E-state index in [0.717, 1.165) is 5.56 Å². The lowest BCUT2D eigenvalue weighted by Crippen LogP contribution is -2.08. The van der Waals surface area contributed by atoms with E-state index in [1.54, 1.807) is 12.1 Å². The molecule has 2 aromatic carbocycles. The molecule has 0 fully saturated rings. The van der Waals surface area contributed by atoms with Crippen LogP contribution < -0.4 is 5.32 Å². The van der Waals surface area contributed by atoms with Gasteiger partial charge in [0.2, 0.25) is 0 Å². The second kappa shape index (κ2) is 6.40. The Morgan fingerprint density at radius 3 is 2.20 bits per heavy atom. The first-order valence-corrected chi connectivity index (χ1v) is 7.26. The van der Waals surface area contributed by atoms with Gasteiger partial charge in [0, 0.05) is 0 Å². The molecule has 20 heavy (non-hydrogen) atoms. The number of benzene rings is 2. The molecule has 0 radical (unpaired) electrons. The second-order valence-electron chi connectivity index (χ2n) is 4.25. The first kappa shape index (κ1) is 15.7. The molecule has 0 bridgehead atoms. The predicted octanol–water partition coefficient (Wildman–Crippen LogP) is 6.61. The monoisotopic (exact) mass is 351 g/mol. The van der Waals surface area contributed by atoms with Crippen molar-refractivity contribution in [2.75, 3.05) is 5.32 Å². The number of nitrogens with one attached hydrogen (secondary N) is 1. The van der Waals surface area contributed by atoms with Crippen molar-refractivity contribution in [3.8, 4) is 0 Å². The van der Waals surface area contributed by atoms with Gasteiger partial charge < -0.3 is 5.32 Å². The second-order valence-corrected chi connectivity index (χ2v) is 5.85. The zero-order valence-electron chi connectivity index (χ0n) is 10.4. The third kappa shape index (κ3) is 3.32. The summed E-state index contributed by atoms with van der Waals surface area (Å²) in [5, 5.41) is 4.46. The van der Waals surface area contributed by atoms with E-state index in [1.807, 2.05) is 13.0 Å². The zero-order chi connectivity index (χ0) is 14.9. The minimum absolute atomic E-state index is 0.193. The summed E-state index contributed by atoms with van der Waals surface area (Å²) < 4.78 is 13.2. The molecule has 2 rings (SSSR count). The molecule has 6 heteroatoms. The highest BCUT2D eigenvalue weighted by molar-refractivity contribution is 6.42. The van der Waals surface area contributed by atoms with Crippen molar-refractivity contribution in [3.05, 3.63) is 61.8 Å². The number of anilines is 1. The Morgan fingerprint density at radius 2 is 1.60 bits per heavy atom. The van der Waals surface area contributed by atoms with E-state index in [0.29, 0.717) is 15.7 Å². The fraction of sp³-hybridized carbons (Fsp3) is 0.143. The number of rotatable bonds is 3. The highest BCUT2D eigenvalue weighted by Crippen LogP contribution is 2.36. The van der Waals surface area contributed by atoms with Crippen LogP contribution in [0.25, 0.3) is 0 Å². The first-order chi connectivity index (χ1) is 9.40. The van der Waals surface area contributed by atoms with Gasteiger partial charge in [-0.15, -0.1) is 0 Å². The summed E-state index contributed by atoms with van der Waals surface area (Å²) in [5.74, 6) is -0.487. The molecule has 0 spiro atoms. The van der Waals surface area contributed by atoms with E-state index < -0.39 is 5.82 Å². The van der Waals surface area contributed by atoms with Gasteiger partial charge in [0.1, 0.15) is 5.82 Å². The van der Waals surface area contributed by atoms with Gasteiger partial charge in [-0.3, -0.25) is 0 Å². The molecule has 1 nitrogen and oxygen atoms in total. The maximum atomic E-state index is 13.2. The minimum Gasteiger partial charge on any atom is -0.376 e. The maximum absolute atomic E-state index is 13.2. The normalized spacial score (nSPS) is 12.3. The van der Waals surface area contributed by atoms with Crippen molar-refractivity contribution >= 4 is 52.1 Å². The Labute approximate surface area is 136 Å². The van der Waals surface area contributed by atoms with E-state index in [1.165, 1.54) is 12.1 Å². The van der Waals surface area contributed by atoms with Crippen LogP contribution >= 0.6 is 46.4 Å². The van der Waals surface area contributed by atoms with Gasteiger partial charge >= 0.3 is 0 Å². The van der Waals surface area contributed by atoms with E-state index in [2.05, 4.69) is 5.32 Å². The van der Waals surface area contributed by atoms with Gasteiger partial charge in [0.25, 0.3) is 0 Å². The first-order valence-electron chi connectivity index (χ1n) is 5.75. The fourth-order valence-electron chi connectivity index (χ4n) is 1.83. The molecule has 1 N–H and O–H groups in total. The largest absolute Gasteiger partial charge is 0.376 e. The van der Waals surface area contributed by atoms with Gasteiger partial charge in [-0.2, -0.15) is 0 Å². The van der Waals surface area contributed by atoms with Crippen LogP contribution in [-0.2, 0) is 0 Å². The summed E-state index contributed by atoms with van der Waals surface area (Å²) in [5.41, 5.74) is 1.26. The van der Waals surface area contributed by atoms with Crippen LogP contribution in [0.15, 0.2) is 30.3 Å². The van der Waals surface area contributed by atoms with Crippen molar-refractivity contribution in [1.29, 1.82) is 0 Å². The van der Waals surface area contributed by atoms with Crippen molar-refractivity contribution in [2.45, 2.75) is 13.0 Å². The summed E-state index contributed by atoms with van der Waals surface area (Å²) in [6, 6.07) is 7.55. The molecule has 0 aromatic heterocycles. The molecule has 0 aliphatic rings. The average molecular weight is 353 g/mol. The highest BCUT2D eigenvalue weighted by atomic mass is 35.5. The number of hydrogen-bond donors (Lipinski definition) is 1. The topological polar surface area (TPSA) is 12.0 Å². The van der Waals surface area contributed by atoms with E-state index in [-0.39, 0.29) is 16.1 Å². The quantitative estimate of drug-likeness (QED) is 0.655. The van der Waals surface area contributed by atoms with Crippen LogP contribution in [0.5, 0.6) is 0 Å². The predicted molar refractivity (Wildman–Crippen MR) is 84.9 cm³/mol. The Balaban J connectivity index is 2.33. The van der Waals surface area contributed by atoms with Crippen molar-refractivity contribution in [3.63, 3.8) is 0 Å². The fourth-order valence-corrected chi connectivity index (χ4v) is 2.87. The lowest BCUT2D eigenvalue weighted by atomic mass is 10.1. The summed E-state index contributed by atoms with van der Waals surface area (Å²) in [6.07, 6.45) is 0. The van der Waals surface area contributed by atoms with Gasteiger partial charge in [-0.05, 0) is 30.7 Å². The SMILES string of the molecule is CC(Nc1c(Cl)cc(F)cc1Cl)c1cccc(Cl)c1Cl. The molecule has 0 aliphatic carbocycles. The molecule has 0 aliphatic heterocycles. The molecule has 0 saturated carbocycles. The number of hydrogen-bond acceptors (Lipinski definition) is 1. The maximum Gasteiger partial charge on any atom is 0.126 e. The molecular weight excluding hydrogens is 343 g/mol. The van der Waals surface area contributed by atoms with Crippen LogP contribution in [0.3, 0.4) is 0 Å². The summed E-state index contributed by atoms with van der Waals surface area (Å²) in [7, 11) is 0. The van der Waals surface area contributed by atoms with Gasteiger partial charge in [0.15, 0.2) is 0 Å². The summed E-state index contributed by atoms with van der Waals surface area (Å²) in [4.78, 5) is 0. The van der Waals surface area contributed by atoms with Crippen LogP contribution in [0.4, 0.5) is 10.1 Å². The van der Waals surface area contributed by atoms with Gasteiger partial charge in [-0.25, -0.2) is 4.39 Å². The van der Waals surface area contributed by atoms with E-state index >= 15 is 0 Å². The highest BCUT2D eigenvalue weighted by Gasteiger charge is 2.15. The molecular formula is C14H10Cl4FN. The molecule has 2 aromatic rings. The summed E-state index contributed by atoms with van der Waals surface area (Å²) >= 11 is 24.1. The Kier molecular flexibility index (Phi) is 5.03. The molecule has 106 valence electrons. The Morgan fingerprint density at radius 1 is 1.00 bits per heavy atom. The molecule has 0 amide bonds. The average Bonchev–Trinajstić information content (AvgIpc) is 2.36. The minimum atomic E-state index is -0.487. The van der Waals surface area contributed by atoms with E-state index in [4.69, 9.17) is 46.4 Å². The molecule has 0 saturated heterocycles. The third-order valence-electron chi connectivity index (χ3n) is 2.82. The Hall–Kier alpha value is -0.670. The Bertz CT molecular complexity index is 622. The lowest BCUT2D eigenvalue weighted by Gasteiger charge is -2.19. The lowest BCUT2D eigenvalue weighted by molar-refractivity contribution is 0.628. The van der Waals surface area contributed by atoms with Crippen LogP contribution in [0.1, 0.15) is 18.5 Å². The van der Waals surface area contributed by atoms with Crippen LogP contribution in [0.2, 0.25) is 20.1 Å². The van der Waals surface area contributed by atoms with E-state index in [9.17, 15) is 4.39 Å². The standard InChI is InChI=1S/C14H10Cl4FN/c1-7(9-3-2-4-10(15)13(9)18)20-14-11(16)5-8(19)6-12(14)17/h2-7,20H,1H3. The van der Waals surface area contributed by atoms with Crippen molar-refractivity contribution in [2.24, 2.45) is 0 Å². The van der Waals surface area contributed by atoms with Crippen LogP contribution in [0, 0.1) is 5.82 Å².